The molecule has 1 aliphatic rings. The fourth-order valence-corrected chi connectivity index (χ4v) is 3.10. The summed E-state index contributed by atoms with van der Waals surface area (Å²) >= 11 is 0. The molecule has 1 saturated heterocycles. The normalized spacial score (nSPS) is 15.0. The molecule has 0 radical (unpaired) electrons. The van der Waals surface area contributed by atoms with Crippen LogP contribution in [0.15, 0.2) is 30.9 Å². The Kier molecular flexibility index (Phi) is 4.92. The van der Waals surface area contributed by atoms with Crippen LogP contribution in [0.3, 0.4) is 0 Å². The summed E-state index contributed by atoms with van der Waals surface area (Å²) in [4.78, 5) is 39.6. The molecule has 2 heterocycles. The maximum Gasteiger partial charge on any atom is 0.303 e. The van der Waals surface area contributed by atoms with E-state index < -0.39 is 10.9 Å². The largest absolute Gasteiger partial charge is 0.481 e. The van der Waals surface area contributed by atoms with Gasteiger partial charge in [-0.05, 0) is 30.9 Å². The molecule has 136 valence electrons. The number of amides is 1. The molecule has 10 heteroatoms. The first-order chi connectivity index (χ1) is 12.5. The van der Waals surface area contributed by atoms with E-state index in [0.717, 1.165) is 0 Å². The number of carboxylic acid groups (broad SMARTS) is 1. The minimum absolute atomic E-state index is 0.0561. The Morgan fingerprint density at radius 2 is 2.04 bits per heavy atom. The maximum absolute atomic E-state index is 12.7. The van der Waals surface area contributed by atoms with Gasteiger partial charge in [0.15, 0.2) is 0 Å². The van der Waals surface area contributed by atoms with Crippen molar-refractivity contribution in [2.75, 3.05) is 13.1 Å². The van der Waals surface area contributed by atoms with E-state index in [2.05, 4.69) is 10.1 Å². The highest BCUT2D eigenvalue weighted by atomic mass is 16.6. The first-order valence-electron chi connectivity index (χ1n) is 8.10. The molecule has 0 aliphatic carbocycles. The monoisotopic (exact) mass is 359 g/mol. The third-order valence-electron chi connectivity index (χ3n) is 4.45. The van der Waals surface area contributed by atoms with Gasteiger partial charge >= 0.3 is 5.97 Å². The van der Waals surface area contributed by atoms with Crippen LogP contribution in [0.2, 0.25) is 0 Å². The molecule has 3 rings (SSSR count). The van der Waals surface area contributed by atoms with E-state index in [4.69, 9.17) is 5.11 Å². The Labute approximate surface area is 148 Å². The minimum Gasteiger partial charge on any atom is -0.481 e. The number of hydrogen-bond acceptors (Lipinski definition) is 6. The van der Waals surface area contributed by atoms with E-state index in [-0.39, 0.29) is 35.2 Å². The number of piperidine rings is 1. The van der Waals surface area contributed by atoms with E-state index in [1.54, 1.807) is 4.90 Å². The van der Waals surface area contributed by atoms with Gasteiger partial charge in [0.1, 0.15) is 18.3 Å². The number of carbonyl (C=O) groups excluding carboxylic acids is 1. The SMILES string of the molecule is O=C(O)CC1CCN(C(=O)c2ccc(-n3cncn3)c([N+](=O)[O-])c2)CC1. The zero-order chi connectivity index (χ0) is 18.7. The van der Waals surface area contributed by atoms with Crippen LogP contribution >= 0.6 is 0 Å². The molecule has 1 N–H and O–H groups in total. The van der Waals surface area contributed by atoms with Gasteiger partial charge in [-0.2, -0.15) is 5.10 Å². The average molecular weight is 359 g/mol. The lowest BCUT2D eigenvalue weighted by Crippen LogP contribution is -2.38. The van der Waals surface area contributed by atoms with Crippen LogP contribution in [0.5, 0.6) is 0 Å². The van der Waals surface area contributed by atoms with Crippen LogP contribution in [0.4, 0.5) is 5.69 Å². The Balaban J connectivity index is 1.77. The van der Waals surface area contributed by atoms with Crippen molar-refractivity contribution >= 4 is 17.6 Å². The number of benzene rings is 1. The fraction of sp³-hybridized carbons (Fsp3) is 0.375. The van der Waals surface area contributed by atoms with Gasteiger partial charge in [0.05, 0.1) is 4.92 Å². The van der Waals surface area contributed by atoms with E-state index >= 15 is 0 Å². The van der Waals surface area contributed by atoms with Crippen molar-refractivity contribution in [1.29, 1.82) is 0 Å². The maximum atomic E-state index is 12.7. The first-order valence-corrected chi connectivity index (χ1v) is 8.10. The first kappa shape index (κ1) is 17.5. The summed E-state index contributed by atoms with van der Waals surface area (Å²) in [5.41, 5.74) is 0.212. The van der Waals surface area contributed by atoms with Crippen LogP contribution in [0.25, 0.3) is 5.69 Å². The molecule has 1 amide bonds. The molecular formula is C16H17N5O5. The van der Waals surface area contributed by atoms with Crippen molar-refractivity contribution < 1.29 is 19.6 Å². The summed E-state index contributed by atoms with van der Waals surface area (Å²) in [5, 5.41) is 24.1. The lowest BCUT2D eigenvalue weighted by molar-refractivity contribution is -0.384. The van der Waals surface area contributed by atoms with Crippen LogP contribution in [-0.4, -0.2) is 54.7 Å². The Bertz CT molecular complexity index is 828. The quantitative estimate of drug-likeness (QED) is 0.632. The zero-order valence-electron chi connectivity index (χ0n) is 13.8. The van der Waals surface area contributed by atoms with Gasteiger partial charge in [0.25, 0.3) is 11.6 Å². The second kappa shape index (κ2) is 7.30. The highest BCUT2D eigenvalue weighted by Gasteiger charge is 2.27. The number of likely N-dealkylation sites (tertiary alicyclic amines) is 1. The number of hydrogen-bond donors (Lipinski definition) is 1. The number of rotatable bonds is 5. The minimum atomic E-state index is -0.839. The van der Waals surface area contributed by atoms with Crippen LogP contribution in [0.1, 0.15) is 29.6 Å². The summed E-state index contributed by atoms with van der Waals surface area (Å²) in [6.07, 6.45) is 3.93. The molecule has 10 nitrogen and oxygen atoms in total. The van der Waals surface area contributed by atoms with Crippen molar-refractivity contribution in [2.45, 2.75) is 19.3 Å². The third kappa shape index (κ3) is 3.68. The molecule has 1 aromatic heterocycles. The van der Waals surface area contributed by atoms with Gasteiger partial charge in [-0.15, -0.1) is 0 Å². The molecule has 1 fully saturated rings. The summed E-state index contributed by atoms with van der Waals surface area (Å²) in [5.74, 6) is -1.08. The van der Waals surface area contributed by atoms with Crippen molar-refractivity contribution in [3.63, 3.8) is 0 Å². The van der Waals surface area contributed by atoms with E-state index in [9.17, 15) is 19.7 Å². The Morgan fingerprint density at radius 1 is 1.31 bits per heavy atom. The van der Waals surface area contributed by atoms with Gasteiger partial charge in [-0.1, -0.05) is 0 Å². The number of nitro groups is 1. The molecule has 26 heavy (non-hydrogen) atoms. The van der Waals surface area contributed by atoms with Crippen LogP contribution in [-0.2, 0) is 4.79 Å². The molecule has 2 aromatic rings. The van der Waals surface area contributed by atoms with E-state index in [1.807, 2.05) is 0 Å². The topological polar surface area (TPSA) is 131 Å². The molecule has 0 saturated carbocycles. The Hall–Kier alpha value is -3.30. The zero-order valence-corrected chi connectivity index (χ0v) is 13.8. The van der Waals surface area contributed by atoms with Crippen molar-refractivity contribution in [2.24, 2.45) is 5.92 Å². The standard InChI is InChI=1S/C16H17N5O5/c22-15(23)7-11-3-5-19(6-4-11)16(24)12-1-2-13(14(8-12)21(25)26)20-10-17-9-18-20/h1-2,8-11H,3-7H2,(H,22,23). The van der Waals surface area contributed by atoms with Crippen molar-refractivity contribution in [1.82, 2.24) is 19.7 Å². The highest BCUT2D eigenvalue weighted by Crippen LogP contribution is 2.26. The predicted octanol–water partition coefficient (Wildman–Crippen LogP) is 1.50. The third-order valence-corrected chi connectivity index (χ3v) is 4.45. The van der Waals surface area contributed by atoms with Gasteiger partial charge < -0.3 is 10.0 Å². The van der Waals surface area contributed by atoms with Gasteiger partial charge in [0.2, 0.25) is 0 Å². The van der Waals surface area contributed by atoms with E-state index in [1.165, 1.54) is 35.5 Å². The molecule has 0 spiro atoms. The summed E-state index contributed by atoms with van der Waals surface area (Å²) < 4.78 is 1.27. The average Bonchev–Trinajstić information content (AvgIpc) is 3.15. The predicted molar refractivity (Wildman–Crippen MR) is 88.9 cm³/mol. The summed E-state index contributed by atoms with van der Waals surface area (Å²) in [6, 6.07) is 4.23. The second-order valence-electron chi connectivity index (χ2n) is 6.13. The lowest BCUT2D eigenvalue weighted by atomic mass is 9.93. The van der Waals surface area contributed by atoms with Crippen LogP contribution in [0, 0.1) is 16.0 Å². The molecule has 1 aliphatic heterocycles. The number of aliphatic carboxylic acids is 1. The lowest BCUT2D eigenvalue weighted by Gasteiger charge is -2.31. The van der Waals surface area contributed by atoms with Crippen molar-refractivity contribution in [3.8, 4) is 5.69 Å². The van der Waals surface area contributed by atoms with Crippen molar-refractivity contribution in [3.05, 3.63) is 46.5 Å². The molecule has 0 atom stereocenters. The second-order valence-corrected chi connectivity index (χ2v) is 6.13. The fourth-order valence-electron chi connectivity index (χ4n) is 3.10. The van der Waals surface area contributed by atoms with Gasteiger partial charge in [-0.3, -0.25) is 19.7 Å². The molecular weight excluding hydrogens is 342 g/mol. The summed E-state index contributed by atoms with van der Waals surface area (Å²) in [7, 11) is 0. The number of carbonyl (C=O) groups is 2. The number of aromatic nitrogens is 3. The van der Waals surface area contributed by atoms with Crippen LogP contribution < -0.4 is 0 Å². The number of nitrogens with zero attached hydrogens (tertiary/aromatic N) is 5. The molecule has 0 bridgehead atoms. The smallest absolute Gasteiger partial charge is 0.303 e. The Morgan fingerprint density at radius 3 is 2.62 bits per heavy atom. The van der Waals surface area contributed by atoms with Gasteiger partial charge in [0, 0.05) is 31.1 Å². The molecule has 0 unspecified atom stereocenters. The number of carboxylic acids is 1. The highest BCUT2D eigenvalue weighted by molar-refractivity contribution is 5.95. The number of nitro benzene ring substituents is 1. The molecule has 1 aromatic carbocycles. The summed E-state index contributed by atoms with van der Waals surface area (Å²) in [6.45, 7) is 0.880. The van der Waals surface area contributed by atoms with E-state index in [0.29, 0.717) is 25.9 Å². The van der Waals surface area contributed by atoms with Gasteiger partial charge in [-0.25, -0.2) is 9.67 Å².